The highest BCUT2D eigenvalue weighted by molar-refractivity contribution is 7.99. The van der Waals surface area contributed by atoms with Crippen molar-refractivity contribution in [3.8, 4) is 11.8 Å². The lowest BCUT2D eigenvalue weighted by Crippen LogP contribution is -2.36. The third kappa shape index (κ3) is 6.82. The second kappa shape index (κ2) is 13.1. The number of imidazole rings is 1. The lowest BCUT2D eigenvalue weighted by molar-refractivity contribution is -0.0592. The van der Waals surface area contributed by atoms with Crippen LogP contribution in [0.25, 0.3) is 11.0 Å². The number of fused-ring (bicyclic) bond motifs is 1. The number of carbonyl (C=O) groups excluding carboxylic acids is 1. The number of benzene rings is 2. The zero-order valence-corrected chi connectivity index (χ0v) is 24.7. The molecule has 6 rings (SSSR count). The monoisotopic (exact) mass is 601 g/mol. The molecule has 2 saturated heterocycles. The van der Waals surface area contributed by atoms with Gasteiger partial charge in [-0.2, -0.15) is 5.26 Å². The molecule has 2 aromatic heterocycles. The highest BCUT2D eigenvalue weighted by atomic mass is 32.2. The molecule has 0 aliphatic carbocycles. The Morgan fingerprint density at radius 2 is 1.98 bits per heavy atom. The Kier molecular flexibility index (Phi) is 8.88. The number of halogens is 1. The van der Waals surface area contributed by atoms with E-state index in [2.05, 4.69) is 9.47 Å². The number of rotatable bonds is 10. The maximum absolute atomic E-state index is 14.2. The number of thioether (sulfide) groups is 1. The molecule has 4 heterocycles. The van der Waals surface area contributed by atoms with Crippen molar-refractivity contribution in [3.63, 3.8) is 0 Å². The SMILES string of the molecule is COC(=O)c1ccc2nc(CN3CCC(Sc4cccc(COc5ccc(C#N)cc5F)n4)CC3)n(CC3CCO3)c2c1. The number of carbonyl (C=O) groups is 1. The predicted molar refractivity (Wildman–Crippen MR) is 159 cm³/mol. The summed E-state index contributed by atoms with van der Waals surface area (Å²) in [5.74, 6) is 0.160. The molecule has 0 amide bonds. The Bertz CT molecular complexity index is 1660. The number of methoxy groups -OCH3 is 1. The Hall–Kier alpha value is -3.98. The lowest BCUT2D eigenvalue weighted by Gasteiger charge is -2.32. The summed E-state index contributed by atoms with van der Waals surface area (Å²) in [7, 11) is 1.39. The van der Waals surface area contributed by atoms with Crippen LogP contribution in [-0.4, -0.2) is 63.6 Å². The zero-order chi connectivity index (χ0) is 29.8. The van der Waals surface area contributed by atoms with Gasteiger partial charge in [-0.15, -0.1) is 11.8 Å². The smallest absolute Gasteiger partial charge is 0.337 e. The van der Waals surface area contributed by atoms with Crippen molar-refractivity contribution in [2.45, 2.75) is 55.3 Å². The molecule has 0 spiro atoms. The summed E-state index contributed by atoms with van der Waals surface area (Å²) in [6, 6.07) is 17.4. The first-order valence-corrected chi connectivity index (χ1v) is 15.2. The molecule has 4 aromatic rings. The first kappa shape index (κ1) is 29.1. The van der Waals surface area contributed by atoms with E-state index >= 15 is 0 Å². The fourth-order valence-corrected chi connectivity index (χ4v) is 6.49. The van der Waals surface area contributed by atoms with Crippen molar-refractivity contribution in [1.82, 2.24) is 19.4 Å². The van der Waals surface area contributed by atoms with Crippen LogP contribution in [0, 0.1) is 17.1 Å². The van der Waals surface area contributed by atoms with Crippen molar-refractivity contribution in [3.05, 3.63) is 83.1 Å². The largest absolute Gasteiger partial charge is 0.484 e. The normalized spacial score (nSPS) is 17.4. The number of piperidine rings is 1. The van der Waals surface area contributed by atoms with Gasteiger partial charge in [0, 0.05) is 11.9 Å². The van der Waals surface area contributed by atoms with Crippen LogP contribution in [0.2, 0.25) is 0 Å². The van der Waals surface area contributed by atoms with Gasteiger partial charge in [-0.05, 0) is 80.9 Å². The summed E-state index contributed by atoms with van der Waals surface area (Å²) < 4.78 is 32.7. The van der Waals surface area contributed by atoms with Crippen LogP contribution in [-0.2, 0) is 29.2 Å². The quantitative estimate of drug-likeness (QED) is 0.223. The van der Waals surface area contributed by atoms with E-state index in [1.807, 2.05) is 36.4 Å². The van der Waals surface area contributed by atoms with Crippen molar-refractivity contribution in [1.29, 1.82) is 5.26 Å². The van der Waals surface area contributed by atoms with Crippen LogP contribution >= 0.6 is 11.8 Å². The molecule has 222 valence electrons. The molecule has 2 fully saturated rings. The van der Waals surface area contributed by atoms with Gasteiger partial charge in [-0.25, -0.2) is 19.2 Å². The van der Waals surface area contributed by atoms with Crippen LogP contribution in [0.15, 0.2) is 59.6 Å². The van der Waals surface area contributed by atoms with Gasteiger partial charge in [-0.1, -0.05) is 6.07 Å². The molecule has 0 N–H and O–H groups in total. The summed E-state index contributed by atoms with van der Waals surface area (Å²) in [4.78, 5) is 24.3. The number of hydrogen-bond donors (Lipinski definition) is 0. The molecule has 43 heavy (non-hydrogen) atoms. The van der Waals surface area contributed by atoms with E-state index in [9.17, 15) is 9.18 Å². The highest BCUT2D eigenvalue weighted by Gasteiger charge is 2.26. The van der Waals surface area contributed by atoms with Gasteiger partial charge < -0.3 is 18.8 Å². The van der Waals surface area contributed by atoms with Crippen LogP contribution < -0.4 is 4.74 Å². The Morgan fingerprint density at radius 1 is 1.14 bits per heavy atom. The standard InChI is InChI=1S/C32H32FN5O4S/c1-40-32(39)22-6-7-27-28(16-22)38(18-24-11-14-41-24)30(36-27)19-37-12-9-25(10-13-37)43-31-4-2-3-23(35-31)20-42-29-8-5-21(17-34)15-26(29)33/h2-8,15-16,24-25H,9-14,18-20H2,1H3. The molecule has 0 saturated carbocycles. The maximum Gasteiger partial charge on any atom is 0.337 e. The third-order valence-corrected chi connectivity index (χ3v) is 9.11. The predicted octanol–water partition coefficient (Wildman–Crippen LogP) is 5.35. The summed E-state index contributed by atoms with van der Waals surface area (Å²) in [6.45, 7) is 4.25. The molecule has 0 bridgehead atoms. The van der Waals surface area contributed by atoms with Crippen molar-refractivity contribution < 1.29 is 23.4 Å². The number of ether oxygens (including phenoxy) is 3. The summed E-state index contributed by atoms with van der Waals surface area (Å²) in [5.41, 5.74) is 3.28. The molecule has 1 unspecified atom stereocenters. The number of hydrogen-bond acceptors (Lipinski definition) is 9. The molecule has 1 atom stereocenters. The van der Waals surface area contributed by atoms with Crippen molar-refractivity contribution in [2.24, 2.45) is 0 Å². The Balaban J connectivity index is 1.06. The first-order chi connectivity index (χ1) is 21.0. The van der Waals surface area contributed by atoms with Crippen molar-refractivity contribution >= 4 is 28.8 Å². The first-order valence-electron chi connectivity index (χ1n) is 14.4. The lowest BCUT2D eigenvalue weighted by atomic mass is 10.1. The van der Waals surface area contributed by atoms with Crippen LogP contribution in [0.4, 0.5) is 4.39 Å². The average molecular weight is 602 g/mol. The van der Waals surface area contributed by atoms with Gasteiger partial charge in [-0.3, -0.25) is 4.90 Å². The van der Waals surface area contributed by atoms with E-state index in [1.54, 1.807) is 17.8 Å². The fourth-order valence-electron chi connectivity index (χ4n) is 5.37. The maximum atomic E-state index is 14.2. The van der Waals surface area contributed by atoms with Crippen LogP contribution in [0.1, 0.15) is 46.7 Å². The summed E-state index contributed by atoms with van der Waals surface area (Å²) in [5, 5.41) is 10.3. The van der Waals surface area contributed by atoms with Gasteiger partial charge in [0.15, 0.2) is 11.6 Å². The van der Waals surface area contributed by atoms with E-state index < -0.39 is 5.82 Å². The number of nitriles is 1. The molecular formula is C32H32FN5O4S. The molecule has 2 aliphatic rings. The molecular weight excluding hydrogens is 569 g/mol. The summed E-state index contributed by atoms with van der Waals surface area (Å²) in [6.07, 6.45) is 3.22. The number of likely N-dealkylation sites (tertiary alicyclic amines) is 1. The van der Waals surface area contributed by atoms with Gasteiger partial charge in [0.25, 0.3) is 0 Å². The summed E-state index contributed by atoms with van der Waals surface area (Å²) >= 11 is 1.76. The van der Waals surface area contributed by atoms with E-state index in [4.69, 9.17) is 29.4 Å². The molecule has 2 aliphatic heterocycles. The zero-order valence-electron chi connectivity index (χ0n) is 23.9. The number of nitrogens with zero attached hydrogens (tertiary/aromatic N) is 5. The molecule has 2 aromatic carbocycles. The van der Waals surface area contributed by atoms with E-state index in [0.29, 0.717) is 17.4 Å². The average Bonchev–Trinajstić information content (AvgIpc) is 3.34. The number of pyridine rings is 1. The highest BCUT2D eigenvalue weighted by Crippen LogP contribution is 2.31. The Labute approximate surface area is 253 Å². The number of aromatic nitrogens is 3. The van der Waals surface area contributed by atoms with Gasteiger partial charge in [0.05, 0.1) is 65.3 Å². The second-order valence-electron chi connectivity index (χ2n) is 10.7. The van der Waals surface area contributed by atoms with Crippen LogP contribution in [0.5, 0.6) is 5.75 Å². The van der Waals surface area contributed by atoms with E-state index in [0.717, 1.165) is 73.1 Å². The van der Waals surface area contributed by atoms with Gasteiger partial charge in [0.1, 0.15) is 12.4 Å². The van der Waals surface area contributed by atoms with E-state index in [1.165, 1.54) is 25.3 Å². The molecule has 0 radical (unpaired) electrons. The fraction of sp³-hybridized carbons (Fsp3) is 0.375. The topological polar surface area (TPSA) is 102 Å². The Morgan fingerprint density at radius 3 is 2.70 bits per heavy atom. The minimum atomic E-state index is -0.561. The molecule has 11 heteroatoms. The van der Waals surface area contributed by atoms with Crippen molar-refractivity contribution in [2.75, 3.05) is 26.8 Å². The number of esters is 1. The van der Waals surface area contributed by atoms with Gasteiger partial charge >= 0.3 is 5.97 Å². The minimum Gasteiger partial charge on any atom is -0.484 e. The third-order valence-electron chi connectivity index (χ3n) is 7.83. The van der Waals surface area contributed by atoms with E-state index in [-0.39, 0.29) is 30.0 Å². The minimum absolute atomic E-state index is 0.101. The van der Waals surface area contributed by atoms with Crippen LogP contribution in [0.3, 0.4) is 0 Å². The van der Waals surface area contributed by atoms with Gasteiger partial charge in [0.2, 0.25) is 0 Å². The molecule has 9 nitrogen and oxygen atoms in total. The second-order valence-corrected chi connectivity index (χ2v) is 12.0.